The van der Waals surface area contributed by atoms with Crippen LogP contribution in [0.15, 0.2) is 6.20 Å². The van der Waals surface area contributed by atoms with Crippen LogP contribution in [0.1, 0.15) is 25.7 Å². The van der Waals surface area contributed by atoms with Gasteiger partial charge in [0.05, 0.1) is 6.20 Å². The van der Waals surface area contributed by atoms with Gasteiger partial charge >= 0.3 is 0 Å². The highest BCUT2D eigenvalue weighted by atomic mass is 15.4. The van der Waals surface area contributed by atoms with Gasteiger partial charge in [0.2, 0.25) is 0 Å². The largest absolute Gasteiger partial charge is 0.369 e. The Morgan fingerprint density at radius 2 is 2.31 bits per heavy atom. The van der Waals surface area contributed by atoms with Gasteiger partial charge in [0.1, 0.15) is 5.82 Å². The standard InChI is InChI=1S/C9H16N4/c1-13-9(7-11-12-13)10-6-8-4-2-3-5-8/h7-8,10H,2-6H2,1H3. The molecule has 0 unspecified atom stereocenters. The summed E-state index contributed by atoms with van der Waals surface area (Å²) in [5, 5.41) is 11.1. The summed E-state index contributed by atoms with van der Waals surface area (Å²) in [7, 11) is 1.91. The van der Waals surface area contributed by atoms with Gasteiger partial charge in [-0.1, -0.05) is 18.1 Å². The lowest BCUT2D eigenvalue weighted by Crippen LogP contribution is -2.13. The Morgan fingerprint density at radius 3 is 2.92 bits per heavy atom. The number of nitrogens with one attached hydrogen (secondary N) is 1. The summed E-state index contributed by atoms with van der Waals surface area (Å²) in [6.45, 7) is 1.07. The van der Waals surface area contributed by atoms with Crippen molar-refractivity contribution in [2.45, 2.75) is 25.7 Å². The van der Waals surface area contributed by atoms with Gasteiger partial charge in [-0.05, 0) is 18.8 Å². The van der Waals surface area contributed by atoms with Crippen LogP contribution in [0.2, 0.25) is 0 Å². The van der Waals surface area contributed by atoms with E-state index in [-0.39, 0.29) is 0 Å². The molecule has 0 spiro atoms. The Bertz CT molecular complexity index is 262. The molecule has 4 heteroatoms. The summed E-state index contributed by atoms with van der Waals surface area (Å²) in [6.07, 6.45) is 7.32. The van der Waals surface area contributed by atoms with Crippen molar-refractivity contribution in [2.75, 3.05) is 11.9 Å². The number of nitrogens with zero attached hydrogens (tertiary/aromatic N) is 3. The Balaban J connectivity index is 1.82. The second-order valence-electron chi connectivity index (χ2n) is 3.77. The number of hydrogen-bond acceptors (Lipinski definition) is 3. The summed E-state index contributed by atoms with van der Waals surface area (Å²) in [4.78, 5) is 0. The van der Waals surface area contributed by atoms with Crippen molar-refractivity contribution in [3.8, 4) is 0 Å². The first kappa shape index (κ1) is 8.53. The molecule has 1 aliphatic carbocycles. The zero-order chi connectivity index (χ0) is 9.10. The molecule has 1 aromatic rings. The molecule has 0 aliphatic heterocycles. The summed E-state index contributed by atoms with van der Waals surface area (Å²) in [5.74, 6) is 1.88. The normalized spacial score (nSPS) is 17.9. The second-order valence-corrected chi connectivity index (χ2v) is 3.77. The first-order valence-corrected chi connectivity index (χ1v) is 4.95. The summed E-state index contributed by atoms with van der Waals surface area (Å²) in [6, 6.07) is 0. The molecule has 0 aromatic carbocycles. The summed E-state index contributed by atoms with van der Waals surface area (Å²) >= 11 is 0. The van der Waals surface area contributed by atoms with Gasteiger partial charge in [0, 0.05) is 13.6 Å². The molecule has 0 atom stereocenters. The van der Waals surface area contributed by atoms with E-state index in [1.165, 1.54) is 25.7 Å². The fourth-order valence-electron chi connectivity index (χ4n) is 1.91. The third-order valence-electron chi connectivity index (χ3n) is 2.76. The molecule has 1 saturated carbocycles. The average Bonchev–Trinajstić information content (AvgIpc) is 2.72. The molecular formula is C9H16N4. The molecule has 1 fully saturated rings. The molecule has 72 valence electrons. The molecule has 0 amide bonds. The van der Waals surface area contributed by atoms with Crippen molar-refractivity contribution in [2.24, 2.45) is 13.0 Å². The highest BCUT2D eigenvalue weighted by Crippen LogP contribution is 2.24. The van der Waals surface area contributed by atoms with Crippen LogP contribution in [0.4, 0.5) is 5.82 Å². The van der Waals surface area contributed by atoms with Crippen molar-refractivity contribution in [3.63, 3.8) is 0 Å². The summed E-state index contributed by atoms with van der Waals surface area (Å²) in [5.41, 5.74) is 0. The molecule has 2 rings (SSSR count). The number of aryl methyl sites for hydroxylation is 1. The minimum Gasteiger partial charge on any atom is -0.369 e. The first-order chi connectivity index (χ1) is 6.36. The van der Waals surface area contributed by atoms with Gasteiger partial charge in [0.15, 0.2) is 0 Å². The van der Waals surface area contributed by atoms with E-state index in [4.69, 9.17) is 0 Å². The van der Waals surface area contributed by atoms with Crippen LogP contribution in [-0.2, 0) is 7.05 Å². The van der Waals surface area contributed by atoms with Crippen molar-refractivity contribution in [1.29, 1.82) is 0 Å². The van der Waals surface area contributed by atoms with Crippen LogP contribution >= 0.6 is 0 Å². The van der Waals surface area contributed by atoms with E-state index in [1.54, 1.807) is 10.9 Å². The SMILES string of the molecule is Cn1nncc1NCC1CCCC1. The highest BCUT2D eigenvalue weighted by molar-refractivity contribution is 5.30. The van der Waals surface area contributed by atoms with Crippen molar-refractivity contribution >= 4 is 5.82 Å². The topological polar surface area (TPSA) is 42.7 Å². The number of hydrogen-bond donors (Lipinski definition) is 1. The minimum atomic E-state index is 0.856. The van der Waals surface area contributed by atoms with Gasteiger partial charge < -0.3 is 5.32 Å². The van der Waals surface area contributed by atoms with E-state index in [0.29, 0.717) is 0 Å². The third kappa shape index (κ3) is 1.99. The smallest absolute Gasteiger partial charge is 0.144 e. The molecule has 0 radical (unpaired) electrons. The predicted octanol–water partition coefficient (Wildman–Crippen LogP) is 1.42. The molecular weight excluding hydrogens is 164 g/mol. The fraction of sp³-hybridized carbons (Fsp3) is 0.778. The zero-order valence-corrected chi connectivity index (χ0v) is 8.03. The van der Waals surface area contributed by atoms with Crippen LogP contribution in [0.5, 0.6) is 0 Å². The highest BCUT2D eigenvalue weighted by Gasteiger charge is 2.14. The lowest BCUT2D eigenvalue weighted by atomic mass is 10.1. The van der Waals surface area contributed by atoms with Crippen LogP contribution in [0, 0.1) is 5.92 Å². The maximum atomic E-state index is 3.87. The minimum absolute atomic E-state index is 0.856. The van der Waals surface area contributed by atoms with Crippen molar-refractivity contribution in [3.05, 3.63) is 6.20 Å². The van der Waals surface area contributed by atoms with Crippen LogP contribution in [0.25, 0.3) is 0 Å². The molecule has 4 nitrogen and oxygen atoms in total. The maximum Gasteiger partial charge on any atom is 0.144 e. The lowest BCUT2D eigenvalue weighted by molar-refractivity contribution is 0.575. The Morgan fingerprint density at radius 1 is 1.54 bits per heavy atom. The van der Waals surface area contributed by atoms with E-state index in [0.717, 1.165) is 18.3 Å². The number of anilines is 1. The summed E-state index contributed by atoms with van der Waals surface area (Å²) < 4.78 is 1.77. The Labute approximate surface area is 78.3 Å². The van der Waals surface area contributed by atoms with Gasteiger partial charge in [-0.15, -0.1) is 5.10 Å². The van der Waals surface area contributed by atoms with Crippen molar-refractivity contribution in [1.82, 2.24) is 15.0 Å². The van der Waals surface area contributed by atoms with E-state index in [2.05, 4.69) is 15.6 Å². The predicted molar refractivity (Wildman–Crippen MR) is 51.5 cm³/mol. The van der Waals surface area contributed by atoms with E-state index >= 15 is 0 Å². The fourth-order valence-corrected chi connectivity index (χ4v) is 1.91. The second kappa shape index (κ2) is 3.77. The van der Waals surface area contributed by atoms with E-state index in [9.17, 15) is 0 Å². The molecule has 1 heterocycles. The molecule has 1 aliphatic rings. The zero-order valence-electron chi connectivity index (χ0n) is 8.03. The van der Waals surface area contributed by atoms with Crippen LogP contribution in [-0.4, -0.2) is 21.5 Å². The van der Waals surface area contributed by atoms with Gasteiger partial charge in [0.25, 0.3) is 0 Å². The quantitative estimate of drug-likeness (QED) is 0.765. The van der Waals surface area contributed by atoms with Crippen molar-refractivity contribution < 1.29 is 0 Å². The number of aromatic nitrogens is 3. The van der Waals surface area contributed by atoms with Gasteiger partial charge in [-0.2, -0.15) is 0 Å². The Kier molecular flexibility index (Phi) is 2.47. The third-order valence-corrected chi connectivity index (χ3v) is 2.76. The first-order valence-electron chi connectivity index (χ1n) is 4.95. The van der Waals surface area contributed by atoms with Crippen LogP contribution < -0.4 is 5.32 Å². The Hall–Kier alpha value is -1.06. The van der Waals surface area contributed by atoms with Crippen LogP contribution in [0.3, 0.4) is 0 Å². The van der Waals surface area contributed by atoms with E-state index in [1.807, 2.05) is 7.05 Å². The molecule has 1 aromatic heterocycles. The number of rotatable bonds is 3. The molecule has 1 N–H and O–H groups in total. The maximum absolute atomic E-state index is 3.87. The van der Waals surface area contributed by atoms with Gasteiger partial charge in [-0.25, -0.2) is 4.68 Å². The van der Waals surface area contributed by atoms with Gasteiger partial charge in [-0.3, -0.25) is 0 Å². The molecule has 13 heavy (non-hydrogen) atoms. The average molecular weight is 180 g/mol. The molecule has 0 saturated heterocycles. The lowest BCUT2D eigenvalue weighted by Gasteiger charge is -2.10. The monoisotopic (exact) mass is 180 g/mol. The molecule has 0 bridgehead atoms. The van der Waals surface area contributed by atoms with E-state index < -0.39 is 0 Å².